The first kappa shape index (κ1) is 25.0. The average molecular weight is 536 g/mol. The first-order valence-electron chi connectivity index (χ1n) is 14.3. The summed E-state index contributed by atoms with van der Waals surface area (Å²) in [5, 5.41) is 8.32. The van der Waals surface area contributed by atoms with Crippen LogP contribution in [0.4, 0.5) is 4.39 Å². The Morgan fingerprint density at radius 1 is 1.07 bits per heavy atom. The number of aryl methyl sites for hydroxylation is 1. The molecule has 7 rings (SSSR count). The minimum Gasteiger partial charge on any atom is -0.353 e. The lowest BCUT2D eigenvalue weighted by Crippen LogP contribution is -2.33. The summed E-state index contributed by atoms with van der Waals surface area (Å²) in [6, 6.07) is 14.9. The first-order chi connectivity index (χ1) is 19.4. The van der Waals surface area contributed by atoms with Crippen LogP contribution in [0.15, 0.2) is 65.7 Å². The number of benzene rings is 2. The third-order valence-corrected chi connectivity index (χ3v) is 8.54. The minimum atomic E-state index is -0.311. The molecule has 1 atom stereocenters. The van der Waals surface area contributed by atoms with E-state index in [9.17, 15) is 9.18 Å². The summed E-state index contributed by atoms with van der Waals surface area (Å²) < 4.78 is 16.1. The van der Waals surface area contributed by atoms with Gasteiger partial charge >= 0.3 is 0 Å². The van der Waals surface area contributed by atoms with Crippen molar-refractivity contribution in [1.29, 1.82) is 0 Å². The number of aromatic amines is 2. The lowest BCUT2D eigenvalue weighted by atomic mass is 9.95. The number of aromatic nitrogens is 4. The molecule has 0 spiro atoms. The summed E-state index contributed by atoms with van der Waals surface area (Å²) in [5.41, 5.74) is 7.94. The number of hydrogen-bond donors (Lipinski definition) is 2. The Morgan fingerprint density at radius 2 is 1.95 bits per heavy atom. The maximum atomic E-state index is 14.3. The lowest BCUT2D eigenvalue weighted by molar-refractivity contribution is 0.175. The van der Waals surface area contributed by atoms with E-state index in [0.717, 1.165) is 77.2 Å². The van der Waals surface area contributed by atoms with Crippen molar-refractivity contribution in [3.63, 3.8) is 0 Å². The molecule has 0 unspecified atom stereocenters. The van der Waals surface area contributed by atoms with E-state index in [0.29, 0.717) is 17.4 Å². The average Bonchev–Trinajstić information content (AvgIpc) is 3.56. The number of halogens is 1. The quantitative estimate of drug-likeness (QED) is 0.248. The van der Waals surface area contributed by atoms with E-state index in [-0.39, 0.29) is 11.4 Å². The highest BCUT2D eigenvalue weighted by Crippen LogP contribution is 2.43. The van der Waals surface area contributed by atoms with Crippen molar-refractivity contribution >= 4 is 10.9 Å². The van der Waals surface area contributed by atoms with Crippen LogP contribution in [0.3, 0.4) is 0 Å². The van der Waals surface area contributed by atoms with Gasteiger partial charge in [-0.25, -0.2) is 4.39 Å². The zero-order chi connectivity index (χ0) is 27.4. The van der Waals surface area contributed by atoms with E-state index in [1.807, 2.05) is 43.6 Å². The number of nitrogens with zero attached hydrogens (tertiary/aromatic N) is 3. The monoisotopic (exact) mass is 535 g/mol. The Morgan fingerprint density at radius 3 is 2.73 bits per heavy atom. The number of piperidine rings is 1. The zero-order valence-corrected chi connectivity index (χ0v) is 23.0. The number of pyridine rings is 1. The normalized spacial score (nSPS) is 18.0. The van der Waals surface area contributed by atoms with Gasteiger partial charge in [0.05, 0.1) is 5.69 Å². The Kier molecular flexibility index (Phi) is 6.19. The van der Waals surface area contributed by atoms with Gasteiger partial charge in [-0.15, -0.1) is 0 Å². The van der Waals surface area contributed by atoms with Crippen LogP contribution in [-0.2, 0) is 6.54 Å². The summed E-state index contributed by atoms with van der Waals surface area (Å²) in [4.78, 5) is 19.9. The fourth-order valence-corrected chi connectivity index (χ4v) is 6.37. The zero-order valence-electron chi connectivity index (χ0n) is 23.0. The van der Waals surface area contributed by atoms with Crippen LogP contribution in [0.1, 0.15) is 55.3 Å². The Bertz CT molecular complexity index is 1780. The molecular formula is C33H34FN5O. The van der Waals surface area contributed by atoms with Crippen LogP contribution in [0, 0.1) is 18.7 Å². The van der Waals surface area contributed by atoms with Gasteiger partial charge in [-0.1, -0.05) is 25.1 Å². The topological polar surface area (TPSA) is 69.7 Å². The van der Waals surface area contributed by atoms with Gasteiger partial charge in [-0.05, 0) is 104 Å². The summed E-state index contributed by atoms with van der Waals surface area (Å²) in [6.45, 7) is 7.33. The molecule has 2 aliphatic rings. The van der Waals surface area contributed by atoms with E-state index in [1.165, 1.54) is 30.5 Å². The SMILES string of the molecule is Cc1c[nH]nc1-c1cc(F)ccc1-c1cccc(-n2cc(C3CC3)c3cc(CN4CCC[C@H](C)C4)[nH]c3c2=O)c1. The van der Waals surface area contributed by atoms with Gasteiger partial charge in [0.2, 0.25) is 0 Å². The molecule has 3 aromatic heterocycles. The highest BCUT2D eigenvalue weighted by Gasteiger charge is 2.28. The predicted molar refractivity (Wildman–Crippen MR) is 157 cm³/mol. The predicted octanol–water partition coefficient (Wildman–Crippen LogP) is 6.93. The standard InChI is InChI=1S/C33H34FN5O/c1-20-5-4-12-38(17-20)18-25-15-29-30(22-8-9-22)19-39(33(40)32(29)36-25)26-7-3-6-23(13-26)27-11-10-24(34)14-28(27)31-21(2)16-35-37-31/h3,6-7,10-11,13-16,19-20,22,36H,4-5,8-9,12,17-18H2,1-2H3,(H,35,37)/t20-/m0/s1. The third-order valence-electron chi connectivity index (χ3n) is 8.54. The maximum absolute atomic E-state index is 14.3. The number of H-pyrrole nitrogens is 2. The molecule has 1 aliphatic carbocycles. The van der Waals surface area contributed by atoms with Gasteiger partial charge in [0, 0.05) is 47.8 Å². The van der Waals surface area contributed by atoms with Crippen LogP contribution in [0.25, 0.3) is 39.0 Å². The molecule has 2 N–H and O–H groups in total. The Labute approximate surface area is 232 Å². The van der Waals surface area contributed by atoms with Crippen molar-refractivity contribution in [3.8, 4) is 28.1 Å². The molecular weight excluding hydrogens is 501 g/mol. The number of fused-ring (bicyclic) bond motifs is 1. The van der Waals surface area contributed by atoms with Gasteiger partial charge in [-0.2, -0.15) is 5.10 Å². The number of hydrogen-bond acceptors (Lipinski definition) is 3. The molecule has 6 nitrogen and oxygen atoms in total. The largest absolute Gasteiger partial charge is 0.353 e. The van der Waals surface area contributed by atoms with Gasteiger partial charge < -0.3 is 4.98 Å². The molecule has 1 saturated heterocycles. The van der Waals surface area contributed by atoms with Crippen LogP contribution >= 0.6 is 0 Å². The first-order valence-corrected chi connectivity index (χ1v) is 14.3. The third kappa shape index (κ3) is 4.58. The van der Waals surface area contributed by atoms with Crippen molar-refractivity contribution in [2.45, 2.75) is 52.0 Å². The summed E-state index contributed by atoms with van der Waals surface area (Å²) in [6.07, 6.45) is 8.68. The molecule has 1 saturated carbocycles. The van der Waals surface area contributed by atoms with E-state index >= 15 is 0 Å². The summed E-state index contributed by atoms with van der Waals surface area (Å²) in [5.74, 6) is 0.889. The molecule has 2 fully saturated rings. The highest BCUT2D eigenvalue weighted by molar-refractivity contribution is 5.85. The second kappa shape index (κ2) is 9.89. The van der Waals surface area contributed by atoms with E-state index < -0.39 is 0 Å². The van der Waals surface area contributed by atoms with E-state index in [1.54, 1.807) is 10.6 Å². The molecule has 2 aromatic carbocycles. The van der Waals surface area contributed by atoms with Crippen molar-refractivity contribution in [2.75, 3.05) is 13.1 Å². The van der Waals surface area contributed by atoms with Crippen molar-refractivity contribution in [2.24, 2.45) is 5.92 Å². The van der Waals surface area contributed by atoms with Crippen molar-refractivity contribution in [3.05, 3.63) is 93.9 Å². The molecule has 4 heterocycles. The van der Waals surface area contributed by atoms with Crippen molar-refractivity contribution in [1.82, 2.24) is 24.6 Å². The Balaban J connectivity index is 1.31. The fourth-order valence-electron chi connectivity index (χ4n) is 6.37. The minimum absolute atomic E-state index is 0.0442. The smallest absolute Gasteiger partial charge is 0.279 e. The lowest BCUT2D eigenvalue weighted by Gasteiger charge is -2.30. The van der Waals surface area contributed by atoms with Crippen LogP contribution < -0.4 is 5.56 Å². The molecule has 1 aliphatic heterocycles. The molecule has 204 valence electrons. The molecule has 7 heteroatoms. The van der Waals surface area contributed by atoms with Gasteiger partial charge in [0.15, 0.2) is 0 Å². The summed E-state index contributed by atoms with van der Waals surface area (Å²) in [7, 11) is 0. The maximum Gasteiger partial charge on any atom is 0.279 e. The molecule has 5 aromatic rings. The van der Waals surface area contributed by atoms with Gasteiger partial charge in [0.1, 0.15) is 11.3 Å². The highest BCUT2D eigenvalue weighted by atomic mass is 19.1. The second-order valence-electron chi connectivity index (χ2n) is 11.8. The number of rotatable bonds is 6. The number of likely N-dealkylation sites (tertiary alicyclic amines) is 1. The van der Waals surface area contributed by atoms with E-state index in [2.05, 4.69) is 33.1 Å². The fraction of sp³-hybridized carbons (Fsp3) is 0.333. The number of nitrogens with one attached hydrogen (secondary N) is 2. The van der Waals surface area contributed by atoms with Crippen LogP contribution in [0.2, 0.25) is 0 Å². The second-order valence-corrected chi connectivity index (χ2v) is 11.8. The molecule has 40 heavy (non-hydrogen) atoms. The van der Waals surface area contributed by atoms with Gasteiger partial charge in [0.25, 0.3) is 5.56 Å². The summed E-state index contributed by atoms with van der Waals surface area (Å²) >= 11 is 0. The van der Waals surface area contributed by atoms with E-state index in [4.69, 9.17) is 0 Å². The molecule has 0 amide bonds. The van der Waals surface area contributed by atoms with Crippen LogP contribution in [-0.4, -0.2) is 37.7 Å². The van der Waals surface area contributed by atoms with Crippen LogP contribution in [0.5, 0.6) is 0 Å². The Hall–Kier alpha value is -3.97. The molecule has 0 radical (unpaired) electrons. The van der Waals surface area contributed by atoms with Crippen molar-refractivity contribution < 1.29 is 4.39 Å². The van der Waals surface area contributed by atoms with Gasteiger partial charge in [-0.3, -0.25) is 19.4 Å². The molecule has 0 bridgehead atoms.